The van der Waals surface area contributed by atoms with Crippen LogP contribution in [-0.4, -0.2) is 41.9 Å². The van der Waals surface area contributed by atoms with Gasteiger partial charge in [0.25, 0.3) is 0 Å². The lowest BCUT2D eigenvalue weighted by Crippen LogP contribution is -2.50. The first kappa shape index (κ1) is 15.0. The van der Waals surface area contributed by atoms with E-state index >= 15 is 0 Å². The SMILES string of the molecule is CCCC[C@H](N)C(=O)NC1CCN(C(C)=O)CC1. The number of unbranched alkanes of at least 4 members (excludes halogenated alkanes) is 1. The zero-order chi connectivity index (χ0) is 13.5. The zero-order valence-corrected chi connectivity index (χ0v) is 11.4. The third kappa shape index (κ3) is 4.64. The quantitative estimate of drug-likeness (QED) is 0.756. The molecular formula is C13H25N3O2. The zero-order valence-electron chi connectivity index (χ0n) is 11.4. The van der Waals surface area contributed by atoms with Gasteiger partial charge in [0.2, 0.25) is 11.8 Å². The number of nitrogens with zero attached hydrogens (tertiary/aromatic N) is 1. The molecule has 104 valence electrons. The molecule has 1 aliphatic rings. The highest BCUT2D eigenvalue weighted by Crippen LogP contribution is 2.10. The number of carbonyl (C=O) groups is 2. The van der Waals surface area contributed by atoms with Gasteiger partial charge in [-0.2, -0.15) is 0 Å². The normalized spacial score (nSPS) is 18.5. The second-order valence-corrected chi connectivity index (χ2v) is 5.04. The molecule has 0 aromatic heterocycles. The maximum absolute atomic E-state index is 11.8. The van der Waals surface area contributed by atoms with Crippen molar-refractivity contribution in [1.82, 2.24) is 10.2 Å². The second-order valence-electron chi connectivity index (χ2n) is 5.04. The van der Waals surface area contributed by atoms with E-state index in [0.717, 1.165) is 45.2 Å². The average molecular weight is 255 g/mol. The summed E-state index contributed by atoms with van der Waals surface area (Å²) in [4.78, 5) is 24.8. The van der Waals surface area contributed by atoms with Crippen LogP contribution in [0, 0.1) is 0 Å². The number of rotatable bonds is 5. The second kappa shape index (κ2) is 7.36. The Hall–Kier alpha value is -1.10. The van der Waals surface area contributed by atoms with Gasteiger partial charge < -0.3 is 16.0 Å². The van der Waals surface area contributed by atoms with Crippen molar-refractivity contribution >= 4 is 11.8 Å². The van der Waals surface area contributed by atoms with Crippen molar-refractivity contribution in [2.45, 2.75) is 58.0 Å². The van der Waals surface area contributed by atoms with Crippen molar-refractivity contribution in [3.05, 3.63) is 0 Å². The Bertz CT molecular complexity index is 286. The van der Waals surface area contributed by atoms with Crippen LogP contribution in [0.4, 0.5) is 0 Å². The summed E-state index contributed by atoms with van der Waals surface area (Å²) in [6.07, 6.45) is 4.43. The molecule has 1 fully saturated rings. The molecule has 5 heteroatoms. The Morgan fingerprint density at radius 2 is 2.00 bits per heavy atom. The lowest BCUT2D eigenvalue weighted by Gasteiger charge is -2.32. The minimum Gasteiger partial charge on any atom is -0.352 e. The highest BCUT2D eigenvalue weighted by Gasteiger charge is 2.23. The molecule has 1 heterocycles. The van der Waals surface area contributed by atoms with E-state index in [0.29, 0.717) is 0 Å². The van der Waals surface area contributed by atoms with Crippen molar-refractivity contribution in [1.29, 1.82) is 0 Å². The number of hydrogen-bond donors (Lipinski definition) is 2. The van der Waals surface area contributed by atoms with Crippen LogP contribution < -0.4 is 11.1 Å². The fourth-order valence-electron chi connectivity index (χ4n) is 2.20. The van der Waals surface area contributed by atoms with E-state index in [9.17, 15) is 9.59 Å². The summed E-state index contributed by atoms with van der Waals surface area (Å²) in [6.45, 7) is 5.12. The summed E-state index contributed by atoms with van der Waals surface area (Å²) in [7, 11) is 0. The van der Waals surface area contributed by atoms with Crippen molar-refractivity contribution in [2.75, 3.05) is 13.1 Å². The molecule has 1 saturated heterocycles. The average Bonchev–Trinajstić information content (AvgIpc) is 2.36. The van der Waals surface area contributed by atoms with Gasteiger partial charge in [-0.15, -0.1) is 0 Å². The van der Waals surface area contributed by atoms with Gasteiger partial charge in [0.05, 0.1) is 6.04 Å². The van der Waals surface area contributed by atoms with Gasteiger partial charge in [0.1, 0.15) is 0 Å². The molecule has 0 bridgehead atoms. The third-order valence-electron chi connectivity index (χ3n) is 3.49. The Morgan fingerprint density at radius 3 is 2.50 bits per heavy atom. The minimum atomic E-state index is -0.393. The predicted molar refractivity (Wildman–Crippen MR) is 70.9 cm³/mol. The monoisotopic (exact) mass is 255 g/mol. The fraction of sp³-hybridized carbons (Fsp3) is 0.846. The van der Waals surface area contributed by atoms with E-state index in [2.05, 4.69) is 12.2 Å². The first-order valence-corrected chi connectivity index (χ1v) is 6.86. The summed E-state index contributed by atoms with van der Waals surface area (Å²) in [5.41, 5.74) is 5.82. The number of carbonyl (C=O) groups excluding carboxylic acids is 2. The Kier molecular flexibility index (Phi) is 6.12. The molecule has 0 aromatic carbocycles. The van der Waals surface area contributed by atoms with Crippen molar-refractivity contribution in [3.8, 4) is 0 Å². The minimum absolute atomic E-state index is 0.0512. The van der Waals surface area contributed by atoms with Crippen molar-refractivity contribution in [2.24, 2.45) is 5.73 Å². The predicted octanol–water partition coefficient (Wildman–Crippen LogP) is 0.631. The summed E-state index contributed by atoms with van der Waals surface area (Å²) >= 11 is 0. The molecule has 2 amide bonds. The molecule has 3 N–H and O–H groups in total. The van der Waals surface area contributed by atoms with Gasteiger partial charge >= 0.3 is 0 Å². The first-order chi connectivity index (χ1) is 8.54. The van der Waals surface area contributed by atoms with Crippen LogP contribution in [0.25, 0.3) is 0 Å². The van der Waals surface area contributed by atoms with Crippen molar-refractivity contribution in [3.63, 3.8) is 0 Å². The first-order valence-electron chi connectivity index (χ1n) is 6.86. The summed E-state index contributed by atoms with van der Waals surface area (Å²) in [5, 5.41) is 2.99. The maximum atomic E-state index is 11.8. The lowest BCUT2D eigenvalue weighted by atomic mass is 10.0. The topological polar surface area (TPSA) is 75.4 Å². The molecule has 0 spiro atoms. The van der Waals surface area contributed by atoms with E-state index in [4.69, 9.17) is 5.73 Å². The van der Waals surface area contributed by atoms with E-state index in [1.807, 2.05) is 4.90 Å². The number of nitrogens with two attached hydrogens (primary N) is 1. The maximum Gasteiger partial charge on any atom is 0.237 e. The Balaban J connectivity index is 2.27. The molecule has 1 rings (SSSR count). The van der Waals surface area contributed by atoms with Crippen LogP contribution >= 0.6 is 0 Å². The van der Waals surface area contributed by atoms with E-state index in [1.54, 1.807) is 6.92 Å². The molecule has 0 saturated carbocycles. The van der Waals surface area contributed by atoms with E-state index in [1.165, 1.54) is 0 Å². The summed E-state index contributed by atoms with van der Waals surface area (Å²) in [6, 6.07) is -0.225. The highest BCUT2D eigenvalue weighted by atomic mass is 16.2. The molecule has 1 atom stereocenters. The third-order valence-corrected chi connectivity index (χ3v) is 3.49. The standard InChI is InChI=1S/C13H25N3O2/c1-3-4-5-12(14)13(18)15-11-6-8-16(9-7-11)10(2)17/h11-12H,3-9,14H2,1-2H3,(H,15,18)/t12-/m0/s1. The molecule has 0 aromatic rings. The van der Waals surface area contributed by atoms with E-state index < -0.39 is 6.04 Å². The van der Waals surface area contributed by atoms with Gasteiger partial charge in [-0.3, -0.25) is 9.59 Å². The van der Waals surface area contributed by atoms with Gasteiger partial charge in [-0.05, 0) is 19.3 Å². The number of amides is 2. The van der Waals surface area contributed by atoms with Crippen LogP contribution in [0.3, 0.4) is 0 Å². The van der Waals surface area contributed by atoms with Crippen molar-refractivity contribution < 1.29 is 9.59 Å². The summed E-state index contributed by atoms with van der Waals surface area (Å²) < 4.78 is 0. The Labute approximate surface area is 109 Å². The van der Waals surface area contributed by atoms with E-state index in [-0.39, 0.29) is 17.9 Å². The van der Waals surface area contributed by atoms with Crippen LogP contribution in [0.2, 0.25) is 0 Å². The lowest BCUT2D eigenvalue weighted by molar-refractivity contribution is -0.130. The number of hydrogen-bond acceptors (Lipinski definition) is 3. The molecule has 0 aliphatic carbocycles. The van der Waals surface area contributed by atoms with Gasteiger partial charge in [0, 0.05) is 26.1 Å². The molecular weight excluding hydrogens is 230 g/mol. The number of likely N-dealkylation sites (tertiary alicyclic amines) is 1. The highest BCUT2D eigenvalue weighted by molar-refractivity contribution is 5.81. The molecule has 18 heavy (non-hydrogen) atoms. The molecule has 1 aliphatic heterocycles. The Morgan fingerprint density at radius 1 is 1.39 bits per heavy atom. The van der Waals surface area contributed by atoms with Crippen LogP contribution in [-0.2, 0) is 9.59 Å². The summed E-state index contributed by atoms with van der Waals surface area (Å²) in [5.74, 6) is 0.0594. The molecule has 0 unspecified atom stereocenters. The van der Waals surface area contributed by atoms with Gasteiger partial charge in [-0.1, -0.05) is 19.8 Å². The molecule has 0 radical (unpaired) electrons. The molecule has 5 nitrogen and oxygen atoms in total. The smallest absolute Gasteiger partial charge is 0.237 e. The van der Waals surface area contributed by atoms with Crippen LogP contribution in [0.15, 0.2) is 0 Å². The number of nitrogens with one attached hydrogen (secondary N) is 1. The van der Waals surface area contributed by atoms with Crippen LogP contribution in [0.1, 0.15) is 46.0 Å². The van der Waals surface area contributed by atoms with Crippen LogP contribution in [0.5, 0.6) is 0 Å². The fourth-order valence-corrected chi connectivity index (χ4v) is 2.20. The van der Waals surface area contributed by atoms with Gasteiger partial charge in [0.15, 0.2) is 0 Å². The number of piperidine rings is 1. The largest absolute Gasteiger partial charge is 0.352 e. The van der Waals surface area contributed by atoms with Gasteiger partial charge in [-0.25, -0.2) is 0 Å².